The smallest absolute Gasteiger partial charge is 0.0623 e. The fourth-order valence-electron chi connectivity index (χ4n) is 2.32. The van der Waals surface area contributed by atoms with E-state index in [4.69, 9.17) is 0 Å². The van der Waals surface area contributed by atoms with E-state index >= 15 is 0 Å². The molecule has 0 aromatic heterocycles. The van der Waals surface area contributed by atoms with Crippen molar-refractivity contribution in [2.45, 2.75) is 85.4 Å². The normalized spacial score (nSPS) is 19.0. The zero-order valence-corrected chi connectivity index (χ0v) is 13.2. The molecule has 0 rings (SSSR count). The third kappa shape index (κ3) is 8.93. The van der Waals surface area contributed by atoms with Crippen LogP contribution in [0.4, 0.5) is 0 Å². The molecule has 2 heteroatoms. The number of hydrogen-bond donors (Lipinski definition) is 2. The Balaban J connectivity index is 4.06. The molecule has 0 aromatic carbocycles. The molecule has 0 spiro atoms. The van der Waals surface area contributed by atoms with Gasteiger partial charge in [0.05, 0.1) is 11.7 Å². The van der Waals surface area contributed by atoms with Crippen LogP contribution in [0, 0.1) is 17.8 Å². The van der Waals surface area contributed by atoms with Crippen LogP contribution in [-0.2, 0) is 0 Å². The Morgan fingerprint density at radius 2 is 1.39 bits per heavy atom. The minimum Gasteiger partial charge on any atom is -0.393 e. The minimum atomic E-state index is -0.636. The summed E-state index contributed by atoms with van der Waals surface area (Å²) in [5.74, 6) is 1.43. The quantitative estimate of drug-likeness (QED) is 0.656. The number of aliphatic hydroxyl groups excluding tert-OH is 1. The standard InChI is InChI=1S/C16H34O2/c1-12(2)7-8-15(17)14(5)11-16(6,18)10-9-13(3)4/h12-15,17-18H,7-11H2,1-6H3. The van der Waals surface area contributed by atoms with Crippen LogP contribution in [0.1, 0.15) is 73.6 Å². The highest BCUT2D eigenvalue weighted by Gasteiger charge is 2.26. The molecule has 2 nitrogen and oxygen atoms in total. The van der Waals surface area contributed by atoms with Gasteiger partial charge in [0.15, 0.2) is 0 Å². The van der Waals surface area contributed by atoms with Crippen molar-refractivity contribution in [1.29, 1.82) is 0 Å². The second-order valence-corrected chi connectivity index (χ2v) is 7.15. The van der Waals surface area contributed by atoms with Gasteiger partial charge in [0, 0.05) is 0 Å². The predicted molar refractivity (Wildman–Crippen MR) is 78.6 cm³/mol. The van der Waals surface area contributed by atoms with Gasteiger partial charge >= 0.3 is 0 Å². The van der Waals surface area contributed by atoms with Gasteiger partial charge in [-0.2, -0.15) is 0 Å². The third-order valence-corrected chi connectivity index (χ3v) is 3.72. The average molecular weight is 258 g/mol. The zero-order chi connectivity index (χ0) is 14.3. The van der Waals surface area contributed by atoms with Gasteiger partial charge in [-0.15, -0.1) is 0 Å². The second-order valence-electron chi connectivity index (χ2n) is 7.15. The van der Waals surface area contributed by atoms with Crippen LogP contribution in [0.25, 0.3) is 0 Å². The first-order chi connectivity index (χ1) is 8.14. The molecule has 0 aliphatic heterocycles. The van der Waals surface area contributed by atoms with Crippen LogP contribution in [-0.4, -0.2) is 21.9 Å². The first-order valence-corrected chi connectivity index (χ1v) is 7.54. The molecule has 0 bridgehead atoms. The lowest BCUT2D eigenvalue weighted by molar-refractivity contribution is -0.00648. The lowest BCUT2D eigenvalue weighted by Gasteiger charge is -2.30. The Hall–Kier alpha value is -0.0800. The SMILES string of the molecule is CC(C)CCC(O)C(C)CC(C)(O)CCC(C)C. The van der Waals surface area contributed by atoms with Gasteiger partial charge in [-0.25, -0.2) is 0 Å². The molecule has 0 heterocycles. The van der Waals surface area contributed by atoms with E-state index in [0.29, 0.717) is 18.3 Å². The number of rotatable bonds is 9. The van der Waals surface area contributed by atoms with E-state index in [0.717, 1.165) is 25.7 Å². The highest BCUT2D eigenvalue weighted by Crippen LogP contribution is 2.27. The summed E-state index contributed by atoms with van der Waals surface area (Å²) in [5, 5.41) is 20.4. The van der Waals surface area contributed by atoms with Crippen LogP contribution >= 0.6 is 0 Å². The van der Waals surface area contributed by atoms with Gasteiger partial charge in [0.2, 0.25) is 0 Å². The van der Waals surface area contributed by atoms with E-state index in [1.54, 1.807) is 0 Å². The topological polar surface area (TPSA) is 40.5 Å². The Labute approximate surface area is 114 Å². The molecule has 0 aliphatic carbocycles. The van der Waals surface area contributed by atoms with Crippen molar-refractivity contribution in [3.8, 4) is 0 Å². The molecule has 0 radical (unpaired) electrons. The summed E-state index contributed by atoms with van der Waals surface area (Å²) < 4.78 is 0. The lowest BCUT2D eigenvalue weighted by atomic mass is 9.83. The van der Waals surface area contributed by atoms with E-state index in [1.807, 2.05) is 6.92 Å². The first-order valence-electron chi connectivity index (χ1n) is 7.54. The van der Waals surface area contributed by atoms with E-state index in [1.165, 1.54) is 0 Å². The molecule has 0 saturated heterocycles. The van der Waals surface area contributed by atoms with Crippen molar-refractivity contribution in [3.05, 3.63) is 0 Å². The third-order valence-electron chi connectivity index (χ3n) is 3.72. The minimum absolute atomic E-state index is 0.172. The predicted octanol–water partition coefficient (Wildman–Crippen LogP) is 4.00. The van der Waals surface area contributed by atoms with Crippen molar-refractivity contribution >= 4 is 0 Å². The summed E-state index contributed by atoms with van der Waals surface area (Å²) in [5.41, 5.74) is -0.636. The molecular formula is C16H34O2. The Bertz CT molecular complexity index is 209. The fourth-order valence-corrected chi connectivity index (χ4v) is 2.32. The van der Waals surface area contributed by atoms with Crippen molar-refractivity contribution < 1.29 is 10.2 Å². The van der Waals surface area contributed by atoms with Crippen LogP contribution in [0.15, 0.2) is 0 Å². The van der Waals surface area contributed by atoms with E-state index < -0.39 is 5.60 Å². The molecular weight excluding hydrogens is 224 g/mol. The van der Waals surface area contributed by atoms with Crippen molar-refractivity contribution in [2.75, 3.05) is 0 Å². The number of aliphatic hydroxyl groups is 2. The van der Waals surface area contributed by atoms with Crippen LogP contribution in [0.3, 0.4) is 0 Å². The first kappa shape index (κ1) is 17.9. The summed E-state index contributed by atoms with van der Waals surface area (Å²) in [6, 6.07) is 0. The fraction of sp³-hybridized carbons (Fsp3) is 1.00. The summed E-state index contributed by atoms with van der Waals surface area (Å²) in [6.07, 6.45) is 4.18. The van der Waals surface area contributed by atoms with Crippen molar-refractivity contribution in [2.24, 2.45) is 17.8 Å². The van der Waals surface area contributed by atoms with Gasteiger partial charge < -0.3 is 10.2 Å². The Morgan fingerprint density at radius 1 is 0.889 bits per heavy atom. The van der Waals surface area contributed by atoms with Crippen LogP contribution in [0.2, 0.25) is 0 Å². The maximum atomic E-state index is 10.3. The summed E-state index contributed by atoms with van der Waals surface area (Å²) in [6.45, 7) is 12.7. The Morgan fingerprint density at radius 3 is 1.83 bits per heavy atom. The molecule has 0 aliphatic rings. The summed E-state index contributed by atoms with van der Waals surface area (Å²) >= 11 is 0. The summed E-state index contributed by atoms with van der Waals surface area (Å²) in [7, 11) is 0. The highest BCUT2D eigenvalue weighted by atomic mass is 16.3. The monoisotopic (exact) mass is 258 g/mol. The Kier molecular flexibility index (Phi) is 8.13. The molecule has 18 heavy (non-hydrogen) atoms. The molecule has 110 valence electrons. The molecule has 0 fully saturated rings. The van der Waals surface area contributed by atoms with Crippen LogP contribution in [0.5, 0.6) is 0 Å². The molecule has 3 unspecified atom stereocenters. The van der Waals surface area contributed by atoms with E-state index in [9.17, 15) is 10.2 Å². The molecule has 3 atom stereocenters. The molecule has 0 amide bonds. The summed E-state index contributed by atoms with van der Waals surface area (Å²) in [4.78, 5) is 0. The number of hydrogen-bond acceptors (Lipinski definition) is 2. The van der Waals surface area contributed by atoms with Crippen LogP contribution < -0.4 is 0 Å². The molecule has 0 saturated carbocycles. The zero-order valence-electron chi connectivity index (χ0n) is 13.2. The van der Waals surface area contributed by atoms with Gasteiger partial charge in [-0.3, -0.25) is 0 Å². The molecule has 0 aromatic rings. The molecule has 2 N–H and O–H groups in total. The average Bonchev–Trinajstić information content (AvgIpc) is 2.22. The lowest BCUT2D eigenvalue weighted by Crippen LogP contribution is -2.32. The maximum Gasteiger partial charge on any atom is 0.0623 e. The van der Waals surface area contributed by atoms with Gasteiger partial charge in [-0.1, -0.05) is 34.6 Å². The van der Waals surface area contributed by atoms with Crippen molar-refractivity contribution in [3.63, 3.8) is 0 Å². The van der Waals surface area contributed by atoms with Gasteiger partial charge in [0.1, 0.15) is 0 Å². The van der Waals surface area contributed by atoms with E-state index in [2.05, 4.69) is 34.6 Å². The largest absolute Gasteiger partial charge is 0.393 e. The van der Waals surface area contributed by atoms with E-state index in [-0.39, 0.29) is 12.0 Å². The van der Waals surface area contributed by atoms with Gasteiger partial charge in [-0.05, 0) is 56.8 Å². The highest BCUT2D eigenvalue weighted by molar-refractivity contribution is 4.79. The van der Waals surface area contributed by atoms with Crippen molar-refractivity contribution in [1.82, 2.24) is 0 Å². The van der Waals surface area contributed by atoms with Gasteiger partial charge in [0.25, 0.3) is 0 Å². The second kappa shape index (κ2) is 8.16. The maximum absolute atomic E-state index is 10.3.